The normalized spacial score (nSPS) is 11.4. The number of carbonyl (C=O) groups is 1. The van der Waals surface area contributed by atoms with Gasteiger partial charge in [0.2, 0.25) is 5.03 Å². The van der Waals surface area contributed by atoms with E-state index in [1.807, 2.05) is 0 Å². The second-order valence-electron chi connectivity index (χ2n) is 3.91. The van der Waals surface area contributed by atoms with E-state index in [1.54, 1.807) is 0 Å². The van der Waals surface area contributed by atoms with Gasteiger partial charge in [-0.15, -0.1) is 5.10 Å². The molecule has 21 heavy (non-hydrogen) atoms. The molecule has 0 saturated carbocycles. The number of aromatic nitrogens is 3. The molecule has 11 heteroatoms. The van der Waals surface area contributed by atoms with E-state index < -0.39 is 16.0 Å². The van der Waals surface area contributed by atoms with Crippen molar-refractivity contribution in [3.05, 3.63) is 33.4 Å². The quantitative estimate of drug-likeness (QED) is 0.815. The summed E-state index contributed by atoms with van der Waals surface area (Å²) in [5.74, 6) is -1.20. The zero-order valence-corrected chi connectivity index (χ0v) is 13.6. The van der Waals surface area contributed by atoms with Crippen LogP contribution in [0.3, 0.4) is 0 Å². The van der Waals surface area contributed by atoms with Crippen LogP contribution in [0.15, 0.2) is 27.8 Å². The largest absolute Gasteiger partial charge is 0.478 e. The molecule has 0 saturated heterocycles. The number of sulfonamides is 1. The molecule has 0 atom stereocenters. The summed E-state index contributed by atoms with van der Waals surface area (Å²) in [6.45, 7) is 0. The summed E-state index contributed by atoms with van der Waals surface area (Å²) in [4.78, 5) is 10.8. The highest BCUT2D eigenvalue weighted by Crippen LogP contribution is 2.25. The monoisotopic (exact) mass is 394 g/mol. The summed E-state index contributed by atoms with van der Waals surface area (Å²) in [5.41, 5.74) is 0.00101. The highest BCUT2D eigenvalue weighted by molar-refractivity contribution is 9.10. The predicted molar refractivity (Wildman–Crippen MR) is 77.9 cm³/mol. The first-order valence-electron chi connectivity index (χ1n) is 5.33. The zero-order chi connectivity index (χ0) is 15.8. The number of carboxylic acids is 1. The van der Waals surface area contributed by atoms with E-state index >= 15 is 0 Å². The van der Waals surface area contributed by atoms with Crippen LogP contribution in [0.1, 0.15) is 10.4 Å². The maximum Gasteiger partial charge on any atom is 0.337 e. The van der Waals surface area contributed by atoms with Crippen LogP contribution >= 0.6 is 27.5 Å². The first kappa shape index (κ1) is 15.7. The molecule has 112 valence electrons. The number of aromatic carboxylic acids is 1. The Hall–Kier alpha value is -1.65. The molecule has 0 bridgehead atoms. The molecule has 1 aromatic heterocycles. The molecule has 2 rings (SSSR count). The van der Waals surface area contributed by atoms with Crippen LogP contribution in [-0.2, 0) is 17.1 Å². The van der Waals surface area contributed by atoms with E-state index in [9.17, 15) is 13.2 Å². The van der Waals surface area contributed by atoms with Crippen molar-refractivity contribution >= 4 is 49.2 Å². The van der Waals surface area contributed by atoms with Gasteiger partial charge < -0.3 is 5.11 Å². The second-order valence-corrected chi connectivity index (χ2v) is 6.67. The highest BCUT2D eigenvalue weighted by Gasteiger charge is 2.24. The molecule has 0 aliphatic heterocycles. The van der Waals surface area contributed by atoms with Gasteiger partial charge in [0.15, 0.2) is 4.60 Å². The molecule has 0 radical (unpaired) electrons. The number of hydrogen-bond donors (Lipinski definition) is 2. The van der Waals surface area contributed by atoms with Gasteiger partial charge in [-0.05, 0) is 34.1 Å². The number of hydrogen-bond acceptors (Lipinski definition) is 5. The van der Waals surface area contributed by atoms with Crippen LogP contribution in [0.5, 0.6) is 0 Å². The number of halogens is 2. The number of carboxylic acid groups (broad SMARTS) is 1. The van der Waals surface area contributed by atoms with Crippen molar-refractivity contribution in [1.82, 2.24) is 15.0 Å². The predicted octanol–water partition coefficient (Wildman–Crippen LogP) is 1.73. The average Bonchev–Trinajstić information content (AvgIpc) is 2.68. The molecule has 0 unspecified atom stereocenters. The van der Waals surface area contributed by atoms with Crippen LogP contribution in [0.4, 0.5) is 5.69 Å². The molecular weight excluding hydrogens is 388 g/mol. The molecule has 0 amide bonds. The molecule has 0 aliphatic rings. The van der Waals surface area contributed by atoms with Crippen molar-refractivity contribution in [2.75, 3.05) is 4.72 Å². The summed E-state index contributed by atoms with van der Waals surface area (Å²) >= 11 is 8.78. The van der Waals surface area contributed by atoms with Gasteiger partial charge in [0, 0.05) is 7.05 Å². The van der Waals surface area contributed by atoms with E-state index in [0.29, 0.717) is 0 Å². The summed E-state index contributed by atoms with van der Waals surface area (Å²) in [5, 5.41) is 15.8. The van der Waals surface area contributed by atoms with E-state index in [-0.39, 0.29) is 25.9 Å². The lowest BCUT2D eigenvalue weighted by atomic mass is 10.2. The lowest BCUT2D eigenvalue weighted by Crippen LogP contribution is -2.17. The lowest BCUT2D eigenvalue weighted by Gasteiger charge is -2.09. The number of nitrogens with zero attached hydrogens (tertiary/aromatic N) is 3. The van der Waals surface area contributed by atoms with Gasteiger partial charge in [0.1, 0.15) is 0 Å². The third kappa shape index (κ3) is 3.17. The van der Waals surface area contributed by atoms with Crippen LogP contribution in [0.2, 0.25) is 5.02 Å². The van der Waals surface area contributed by atoms with Gasteiger partial charge in [-0.2, -0.15) is 8.42 Å². The van der Waals surface area contributed by atoms with Crippen molar-refractivity contribution < 1.29 is 18.3 Å². The van der Waals surface area contributed by atoms with Crippen molar-refractivity contribution in [2.24, 2.45) is 7.05 Å². The Labute approximate surface area is 132 Å². The van der Waals surface area contributed by atoms with E-state index in [1.165, 1.54) is 25.2 Å². The molecule has 1 heterocycles. The van der Waals surface area contributed by atoms with Gasteiger partial charge in [0.05, 0.1) is 16.3 Å². The molecule has 0 spiro atoms. The number of rotatable bonds is 4. The van der Waals surface area contributed by atoms with E-state index in [2.05, 4.69) is 31.0 Å². The minimum atomic E-state index is -3.95. The Balaban J connectivity index is 2.38. The smallest absolute Gasteiger partial charge is 0.337 e. The number of aryl methyl sites for hydroxylation is 1. The Bertz CT molecular complexity index is 801. The number of benzene rings is 1. The zero-order valence-electron chi connectivity index (χ0n) is 10.4. The lowest BCUT2D eigenvalue weighted by molar-refractivity contribution is 0.0697. The topological polar surface area (TPSA) is 114 Å². The van der Waals surface area contributed by atoms with Crippen molar-refractivity contribution in [1.29, 1.82) is 0 Å². The molecule has 0 fully saturated rings. The Kier molecular flexibility index (Phi) is 4.21. The third-order valence-electron chi connectivity index (χ3n) is 2.44. The highest BCUT2D eigenvalue weighted by atomic mass is 79.9. The first-order chi connectivity index (χ1) is 9.72. The van der Waals surface area contributed by atoms with Crippen molar-refractivity contribution in [3.63, 3.8) is 0 Å². The number of anilines is 1. The fraction of sp³-hybridized carbons (Fsp3) is 0.100. The van der Waals surface area contributed by atoms with Gasteiger partial charge in [0.25, 0.3) is 10.0 Å². The van der Waals surface area contributed by atoms with E-state index in [4.69, 9.17) is 16.7 Å². The molecule has 2 N–H and O–H groups in total. The van der Waals surface area contributed by atoms with Gasteiger partial charge >= 0.3 is 5.97 Å². The molecule has 2 aromatic rings. The maximum absolute atomic E-state index is 12.2. The van der Waals surface area contributed by atoms with Crippen LogP contribution in [0, 0.1) is 0 Å². The van der Waals surface area contributed by atoms with Crippen LogP contribution < -0.4 is 4.72 Å². The summed E-state index contributed by atoms with van der Waals surface area (Å²) < 4.78 is 27.9. The average molecular weight is 396 g/mol. The Morgan fingerprint density at radius 2 is 2.14 bits per heavy atom. The summed E-state index contributed by atoms with van der Waals surface area (Å²) in [7, 11) is -2.52. The minimum Gasteiger partial charge on any atom is -0.478 e. The van der Waals surface area contributed by atoms with Gasteiger partial charge in [-0.3, -0.25) is 4.72 Å². The van der Waals surface area contributed by atoms with E-state index in [0.717, 1.165) is 4.68 Å². The fourth-order valence-corrected chi connectivity index (χ4v) is 3.97. The molecule has 8 nitrogen and oxygen atoms in total. The summed E-state index contributed by atoms with van der Waals surface area (Å²) in [6, 6.07) is 3.71. The fourth-order valence-electron chi connectivity index (χ4n) is 1.56. The second kappa shape index (κ2) is 5.62. The standard InChI is InChI=1S/C10H8BrClN4O4S/c1-16-9(8(11)13-15-16)21(19,20)14-5-2-3-6(10(17)18)7(12)4-5/h2-4,14H,1H3,(H,17,18). The minimum absolute atomic E-state index is 0.0609. The third-order valence-corrected chi connectivity index (χ3v) is 5.02. The SMILES string of the molecule is Cn1nnc(Br)c1S(=O)(=O)Nc1ccc(C(=O)O)c(Cl)c1. The Morgan fingerprint density at radius 1 is 1.48 bits per heavy atom. The summed E-state index contributed by atoms with van der Waals surface area (Å²) in [6.07, 6.45) is 0. The van der Waals surface area contributed by atoms with Gasteiger partial charge in [-0.1, -0.05) is 16.8 Å². The van der Waals surface area contributed by atoms with Crippen molar-refractivity contribution in [2.45, 2.75) is 5.03 Å². The first-order valence-corrected chi connectivity index (χ1v) is 7.98. The van der Waals surface area contributed by atoms with Crippen LogP contribution in [-0.4, -0.2) is 34.5 Å². The number of nitrogens with one attached hydrogen (secondary N) is 1. The van der Waals surface area contributed by atoms with Crippen LogP contribution in [0.25, 0.3) is 0 Å². The van der Waals surface area contributed by atoms with Crippen molar-refractivity contribution in [3.8, 4) is 0 Å². The maximum atomic E-state index is 12.2. The van der Waals surface area contributed by atoms with Gasteiger partial charge in [-0.25, -0.2) is 9.48 Å². The Morgan fingerprint density at radius 3 is 2.62 bits per heavy atom. The molecular formula is C10H8BrClN4O4S. The molecule has 1 aromatic carbocycles. The molecule has 0 aliphatic carbocycles.